The van der Waals surface area contributed by atoms with Gasteiger partial charge in [0.05, 0.1) is 16.5 Å². The lowest BCUT2D eigenvalue weighted by Gasteiger charge is -2.06. The van der Waals surface area contributed by atoms with E-state index in [-0.39, 0.29) is 5.69 Å². The molecule has 140 valence electrons. The SMILES string of the molecule is COCCNc1cc(Br)ccc1[N+](=O)[O-].O=[N+]([O-])c1ccc(Br)cc1F. The molecule has 0 aliphatic rings. The summed E-state index contributed by atoms with van der Waals surface area (Å²) in [6.07, 6.45) is 0. The van der Waals surface area contributed by atoms with Crippen molar-refractivity contribution in [1.82, 2.24) is 0 Å². The van der Waals surface area contributed by atoms with Crippen LogP contribution < -0.4 is 5.32 Å². The zero-order valence-electron chi connectivity index (χ0n) is 13.4. The van der Waals surface area contributed by atoms with Gasteiger partial charge in [-0.2, -0.15) is 4.39 Å². The predicted octanol–water partition coefficient (Wildman–Crippen LogP) is 4.91. The van der Waals surface area contributed by atoms with E-state index in [0.29, 0.717) is 23.3 Å². The molecule has 0 aliphatic carbocycles. The number of nitrogens with zero attached hydrogens (tertiary/aromatic N) is 2. The van der Waals surface area contributed by atoms with Crippen molar-refractivity contribution in [2.75, 3.05) is 25.6 Å². The molecule has 0 fully saturated rings. The Hall–Kier alpha value is -2.11. The Morgan fingerprint density at radius 3 is 2.08 bits per heavy atom. The summed E-state index contributed by atoms with van der Waals surface area (Å²) in [5, 5.41) is 23.7. The van der Waals surface area contributed by atoms with Crippen LogP contribution in [-0.2, 0) is 4.74 Å². The highest BCUT2D eigenvalue weighted by molar-refractivity contribution is 9.10. The van der Waals surface area contributed by atoms with Crippen molar-refractivity contribution in [1.29, 1.82) is 0 Å². The Balaban J connectivity index is 0.000000273. The number of anilines is 1. The summed E-state index contributed by atoms with van der Waals surface area (Å²) < 4.78 is 18.8. The van der Waals surface area contributed by atoms with E-state index in [1.54, 1.807) is 19.2 Å². The molecule has 0 saturated carbocycles. The summed E-state index contributed by atoms with van der Waals surface area (Å²) in [4.78, 5) is 19.6. The fourth-order valence-electron chi connectivity index (χ4n) is 1.73. The molecule has 0 spiro atoms. The van der Waals surface area contributed by atoms with Gasteiger partial charge in [0.15, 0.2) is 0 Å². The topological polar surface area (TPSA) is 108 Å². The van der Waals surface area contributed by atoms with Gasteiger partial charge in [-0.3, -0.25) is 20.2 Å². The quantitative estimate of drug-likeness (QED) is 0.347. The average molecular weight is 495 g/mol. The number of nitro benzene ring substituents is 2. The number of ether oxygens (including phenoxy) is 1. The first kappa shape index (κ1) is 21.9. The summed E-state index contributed by atoms with van der Waals surface area (Å²) in [6, 6.07) is 8.35. The molecule has 2 aromatic carbocycles. The minimum atomic E-state index is -0.829. The van der Waals surface area contributed by atoms with Gasteiger partial charge in [0.25, 0.3) is 5.69 Å². The van der Waals surface area contributed by atoms with E-state index in [1.807, 2.05) is 0 Å². The number of methoxy groups -OCH3 is 1. The predicted molar refractivity (Wildman–Crippen MR) is 102 cm³/mol. The van der Waals surface area contributed by atoms with Crippen LogP contribution in [0.3, 0.4) is 0 Å². The van der Waals surface area contributed by atoms with Crippen LogP contribution in [0.25, 0.3) is 0 Å². The van der Waals surface area contributed by atoms with Crippen molar-refractivity contribution >= 4 is 48.9 Å². The minimum Gasteiger partial charge on any atom is -0.383 e. The van der Waals surface area contributed by atoms with E-state index in [0.717, 1.165) is 16.6 Å². The third-order valence-corrected chi connectivity index (χ3v) is 3.87. The highest BCUT2D eigenvalue weighted by Crippen LogP contribution is 2.27. The van der Waals surface area contributed by atoms with Gasteiger partial charge in [-0.05, 0) is 24.3 Å². The zero-order chi connectivity index (χ0) is 19.7. The van der Waals surface area contributed by atoms with Crippen LogP contribution in [0.4, 0.5) is 21.5 Å². The highest BCUT2D eigenvalue weighted by atomic mass is 79.9. The van der Waals surface area contributed by atoms with Gasteiger partial charge in [0.2, 0.25) is 5.82 Å². The maximum absolute atomic E-state index is 12.6. The van der Waals surface area contributed by atoms with E-state index in [9.17, 15) is 24.6 Å². The van der Waals surface area contributed by atoms with Crippen LogP contribution in [0, 0.1) is 26.0 Å². The smallest absolute Gasteiger partial charge is 0.304 e. The van der Waals surface area contributed by atoms with Gasteiger partial charge in [0, 0.05) is 34.7 Å². The van der Waals surface area contributed by atoms with E-state index in [4.69, 9.17) is 4.74 Å². The molecule has 26 heavy (non-hydrogen) atoms. The summed E-state index contributed by atoms with van der Waals surface area (Å²) in [6.45, 7) is 1.04. The number of nitrogens with one attached hydrogen (secondary N) is 1. The molecular formula is C15H14Br2FN3O5. The number of halogens is 3. The van der Waals surface area contributed by atoms with Crippen LogP contribution in [0.2, 0.25) is 0 Å². The van der Waals surface area contributed by atoms with Gasteiger partial charge >= 0.3 is 5.69 Å². The maximum Gasteiger partial charge on any atom is 0.304 e. The van der Waals surface area contributed by atoms with E-state index in [2.05, 4.69) is 37.2 Å². The second kappa shape index (κ2) is 10.8. The summed E-state index contributed by atoms with van der Waals surface area (Å²) in [5.74, 6) is -0.829. The van der Waals surface area contributed by atoms with Gasteiger partial charge in [-0.1, -0.05) is 31.9 Å². The normalized spacial score (nSPS) is 9.85. The summed E-state index contributed by atoms with van der Waals surface area (Å²) >= 11 is 6.24. The molecule has 0 amide bonds. The van der Waals surface area contributed by atoms with Crippen molar-refractivity contribution in [3.05, 3.63) is 71.4 Å². The van der Waals surface area contributed by atoms with E-state index < -0.39 is 21.4 Å². The molecule has 11 heteroatoms. The highest BCUT2D eigenvalue weighted by Gasteiger charge is 2.13. The average Bonchev–Trinajstić information content (AvgIpc) is 2.55. The number of nitro groups is 2. The molecule has 0 unspecified atom stereocenters. The molecule has 2 aromatic rings. The molecule has 8 nitrogen and oxygen atoms in total. The summed E-state index contributed by atoms with van der Waals surface area (Å²) in [5.41, 5.74) is 0.0499. The molecule has 0 radical (unpaired) electrons. The molecule has 0 saturated heterocycles. The number of hydrogen-bond acceptors (Lipinski definition) is 6. The first-order chi connectivity index (χ1) is 12.3. The second-order valence-electron chi connectivity index (χ2n) is 4.69. The molecular weight excluding hydrogens is 481 g/mol. The summed E-state index contributed by atoms with van der Waals surface area (Å²) in [7, 11) is 1.58. The Morgan fingerprint density at radius 1 is 1.04 bits per heavy atom. The number of rotatable bonds is 6. The second-order valence-corrected chi connectivity index (χ2v) is 6.52. The van der Waals surface area contributed by atoms with Crippen LogP contribution in [0.15, 0.2) is 45.3 Å². The third kappa shape index (κ3) is 7.02. The lowest BCUT2D eigenvalue weighted by Crippen LogP contribution is -2.09. The van der Waals surface area contributed by atoms with Crippen LogP contribution >= 0.6 is 31.9 Å². The Bertz CT molecular complexity index is 792. The van der Waals surface area contributed by atoms with E-state index in [1.165, 1.54) is 12.1 Å². The molecule has 0 aromatic heterocycles. The minimum absolute atomic E-state index is 0.0642. The van der Waals surface area contributed by atoms with Crippen molar-refractivity contribution < 1.29 is 19.0 Å². The van der Waals surface area contributed by atoms with Gasteiger partial charge in [-0.15, -0.1) is 0 Å². The molecule has 0 bridgehead atoms. The Labute approximate surface area is 164 Å². The number of benzene rings is 2. The first-order valence-corrected chi connectivity index (χ1v) is 8.61. The molecule has 1 N–H and O–H groups in total. The van der Waals surface area contributed by atoms with Gasteiger partial charge in [-0.25, -0.2) is 0 Å². The standard InChI is InChI=1S/C9H11BrN2O3.C6H3BrFNO2/c1-15-5-4-11-8-6-7(10)2-3-9(8)12(13)14;7-4-1-2-6(9(10)11)5(8)3-4/h2-3,6,11H,4-5H2,1H3;1-3H. The monoisotopic (exact) mass is 493 g/mol. The van der Waals surface area contributed by atoms with Crippen molar-refractivity contribution in [3.8, 4) is 0 Å². The molecule has 0 heterocycles. The lowest BCUT2D eigenvalue weighted by atomic mass is 10.2. The Kier molecular flexibility index (Phi) is 9.10. The van der Waals surface area contributed by atoms with Gasteiger partial charge < -0.3 is 10.1 Å². The largest absolute Gasteiger partial charge is 0.383 e. The van der Waals surface area contributed by atoms with E-state index >= 15 is 0 Å². The van der Waals surface area contributed by atoms with Crippen molar-refractivity contribution in [2.24, 2.45) is 0 Å². The molecule has 0 aliphatic heterocycles. The van der Waals surface area contributed by atoms with Crippen LogP contribution in [-0.4, -0.2) is 30.1 Å². The number of hydrogen-bond donors (Lipinski definition) is 1. The van der Waals surface area contributed by atoms with Crippen LogP contribution in [0.1, 0.15) is 0 Å². The molecule has 2 rings (SSSR count). The van der Waals surface area contributed by atoms with Crippen molar-refractivity contribution in [2.45, 2.75) is 0 Å². The van der Waals surface area contributed by atoms with Crippen molar-refractivity contribution in [3.63, 3.8) is 0 Å². The fourth-order valence-corrected chi connectivity index (χ4v) is 2.42. The zero-order valence-corrected chi connectivity index (χ0v) is 16.6. The Morgan fingerprint density at radius 2 is 1.58 bits per heavy atom. The molecule has 0 atom stereocenters. The maximum atomic E-state index is 12.6. The fraction of sp³-hybridized carbons (Fsp3) is 0.200. The lowest BCUT2D eigenvalue weighted by molar-refractivity contribution is -0.387. The van der Waals surface area contributed by atoms with Gasteiger partial charge in [0.1, 0.15) is 5.69 Å². The van der Waals surface area contributed by atoms with Crippen LogP contribution in [0.5, 0.6) is 0 Å². The first-order valence-electron chi connectivity index (χ1n) is 7.02. The third-order valence-electron chi connectivity index (χ3n) is 2.88.